The molecule has 1 fully saturated rings. The Labute approximate surface area is 118 Å². The van der Waals surface area contributed by atoms with Crippen LogP contribution >= 0.6 is 11.6 Å². The lowest BCUT2D eigenvalue weighted by atomic mass is 10.2. The van der Waals surface area contributed by atoms with Crippen LogP contribution in [0.2, 0.25) is 5.15 Å². The number of aromatic nitrogens is 1. The molecule has 1 aliphatic rings. The van der Waals surface area contributed by atoms with Crippen molar-refractivity contribution in [1.82, 2.24) is 9.88 Å². The second kappa shape index (κ2) is 5.81. The zero-order chi connectivity index (χ0) is 14.7. The highest BCUT2D eigenvalue weighted by atomic mass is 35.5. The number of nitro groups is 1. The third kappa shape index (κ3) is 2.68. The van der Waals surface area contributed by atoms with Gasteiger partial charge in [-0.3, -0.25) is 14.9 Å². The molecule has 20 heavy (non-hydrogen) atoms. The topological polar surface area (TPSA) is 109 Å². The van der Waals surface area contributed by atoms with Crippen molar-refractivity contribution in [3.63, 3.8) is 0 Å². The molecule has 0 aromatic carbocycles. The van der Waals surface area contributed by atoms with Crippen LogP contribution in [0.15, 0.2) is 12.3 Å². The van der Waals surface area contributed by atoms with Gasteiger partial charge in [-0.25, -0.2) is 4.98 Å². The molecule has 0 saturated carbocycles. The Morgan fingerprint density at radius 2 is 2.45 bits per heavy atom. The van der Waals surface area contributed by atoms with Crippen LogP contribution in [0.1, 0.15) is 10.4 Å². The van der Waals surface area contributed by atoms with E-state index in [1.807, 2.05) is 6.07 Å². The molecule has 2 rings (SSSR count). The molecule has 0 spiro atoms. The van der Waals surface area contributed by atoms with Crippen molar-refractivity contribution in [3.8, 4) is 6.07 Å². The summed E-state index contributed by atoms with van der Waals surface area (Å²) in [6.45, 7) is 0.525. The van der Waals surface area contributed by atoms with Gasteiger partial charge < -0.3 is 9.64 Å². The number of hydrogen-bond acceptors (Lipinski definition) is 6. The molecule has 1 aliphatic heterocycles. The van der Waals surface area contributed by atoms with Crippen LogP contribution in [0.25, 0.3) is 0 Å². The van der Waals surface area contributed by atoms with Gasteiger partial charge in [0.2, 0.25) is 5.15 Å². The molecule has 1 aromatic heterocycles. The van der Waals surface area contributed by atoms with E-state index in [1.54, 1.807) is 0 Å². The summed E-state index contributed by atoms with van der Waals surface area (Å²) in [5.74, 6) is -0.565. The largest absolute Gasteiger partial charge is 0.360 e. The first kappa shape index (κ1) is 14.2. The van der Waals surface area contributed by atoms with Crippen molar-refractivity contribution in [3.05, 3.63) is 33.1 Å². The van der Waals surface area contributed by atoms with E-state index in [-0.39, 0.29) is 30.4 Å². The van der Waals surface area contributed by atoms with E-state index in [4.69, 9.17) is 21.6 Å². The minimum atomic E-state index is -0.745. The smallest absolute Gasteiger partial charge is 0.319 e. The Bertz CT molecular complexity index is 601. The first-order valence-corrected chi connectivity index (χ1v) is 6.01. The lowest BCUT2D eigenvalue weighted by molar-refractivity contribution is -0.385. The van der Waals surface area contributed by atoms with Crippen molar-refractivity contribution in [2.24, 2.45) is 0 Å². The van der Waals surface area contributed by atoms with Crippen LogP contribution in [0.3, 0.4) is 0 Å². The number of morpholine rings is 1. The van der Waals surface area contributed by atoms with Crippen LogP contribution in [0, 0.1) is 21.4 Å². The molecule has 104 valence electrons. The first-order chi connectivity index (χ1) is 9.54. The van der Waals surface area contributed by atoms with Gasteiger partial charge in [0.05, 0.1) is 24.1 Å². The maximum Gasteiger partial charge on any atom is 0.319 e. The predicted molar refractivity (Wildman–Crippen MR) is 67.2 cm³/mol. The van der Waals surface area contributed by atoms with Crippen molar-refractivity contribution in [2.75, 3.05) is 19.7 Å². The number of hydrogen-bond donors (Lipinski definition) is 0. The van der Waals surface area contributed by atoms with Gasteiger partial charge in [-0.05, 0) is 6.07 Å². The molecule has 2 heterocycles. The van der Waals surface area contributed by atoms with Crippen LogP contribution in [-0.4, -0.2) is 46.5 Å². The highest BCUT2D eigenvalue weighted by Crippen LogP contribution is 2.27. The molecule has 9 heteroatoms. The minimum absolute atomic E-state index is 0.0619. The average Bonchev–Trinajstić information content (AvgIpc) is 2.45. The van der Waals surface area contributed by atoms with Crippen molar-refractivity contribution in [1.29, 1.82) is 5.26 Å². The third-order valence-corrected chi connectivity index (χ3v) is 3.07. The zero-order valence-corrected chi connectivity index (χ0v) is 10.9. The fraction of sp³-hybridized carbons (Fsp3) is 0.364. The highest BCUT2D eigenvalue weighted by Gasteiger charge is 2.31. The van der Waals surface area contributed by atoms with Gasteiger partial charge in [0, 0.05) is 12.7 Å². The Morgan fingerprint density at radius 3 is 3.10 bits per heavy atom. The summed E-state index contributed by atoms with van der Waals surface area (Å²) in [4.78, 5) is 27.5. The Kier molecular flexibility index (Phi) is 4.12. The molecule has 1 unspecified atom stereocenters. The fourth-order valence-electron chi connectivity index (χ4n) is 1.86. The monoisotopic (exact) mass is 296 g/mol. The summed E-state index contributed by atoms with van der Waals surface area (Å²) >= 11 is 5.66. The first-order valence-electron chi connectivity index (χ1n) is 5.64. The zero-order valence-electron chi connectivity index (χ0n) is 10.2. The van der Waals surface area contributed by atoms with E-state index >= 15 is 0 Å². The molecule has 1 aromatic rings. The van der Waals surface area contributed by atoms with Gasteiger partial charge in [0.15, 0.2) is 6.10 Å². The third-order valence-electron chi connectivity index (χ3n) is 2.79. The summed E-state index contributed by atoms with van der Waals surface area (Å²) in [6, 6.07) is 3.14. The maximum atomic E-state index is 12.3. The predicted octanol–water partition coefficient (Wildman–Crippen LogP) is 1.01. The molecule has 1 amide bonds. The molecule has 0 aliphatic carbocycles. The minimum Gasteiger partial charge on any atom is -0.360 e. The molecular weight excluding hydrogens is 288 g/mol. The Morgan fingerprint density at radius 1 is 1.70 bits per heavy atom. The number of carbonyl (C=O) groups is 1. The molecule has 0 bridgehead atoms. The highest BCUT2D eigenvalue weighted by molar-refractivity contribution is 6.32. The molecule has 0 N–H and O–H groups in total. The van der Waals surface area contributed by atoms with Gasteiger partial charge in [-0.2, -0.15) is 5.26 Å². The quantitative estimate of drug-likeness (QED) is 0.457. The van der Waals surface area contributed by atoms with Crippen LogP contribution in [-0.2, 0) is 4.74 Å². The fourth-order valence-corrected chi connectivity index (χ4v) is 2.08. The van der Waals surface area contributed by atoms with Gasteiger partial charge >= 0.3 is 5.69 Å². The number of nitriles is 1. The van der Waals surface area contributed by atoms with Crippen LogP contribution in [0.4, 0.5) is 5.69 Å². The number of ether oxygens (including phenoxy) is 1. The van der Waals surface area contributed by atoms with Gasteiger partial charge in [-0.1, -0.05) is 11.6 Å². The van der Waals surface area contributed by atoms with E-state index in [9.17, 15) is 14.9 Å². The van der Waals surface area contributed by atoms with E-state index < -0.39 is 22.6 Å². The number of amides is 1. The summed E-state index contributed by atoms with van der Waals surface area (Å²) in [5.41, 5.74) is -0.673. The van der Waals surface area contributed by atoms with Crippen molar-refractivity contribution in [2.45, 2.75) is 6.10 Å². The number of rotatable bonds is 2. The number of nitrogens with zero attached hydrogens (tertiary/aromatic N) is 4. The molecule has 0 radical (unpaired) electrons. The number of pyridine rings is 1. The van der Waals surface area contributed by atoms with Gasteiger partial charge in [0.1, 0.15) is 5.56 Å². The normalized spacial score (nSPS) is 18.4. The molecule has 1 atom stereocenters. The van der Waals surface area contributed by atoms with E-state index in [0.29, 0.717) is 0 Å². The van der Waals surface area contributed by atoms with E-state index in [2.05, 4.69) is 4.98 Å². The van der Waals surface area contributed by atoms with Crippen molar-refractivity contribution >= 4 is 23.2 Å². The number of halogens is 1. The standard InChI is InChI=1S/C11H9ClN4O4/c12-10-9(16(18)19)8(1-2-14-10)11(17)15-3-4-20-7(5-13)6-15/h1-2,7H,3-4,6H2. The summed E-state index contributed by atoms with van der Waals surface area (Å²) in [7, 11) is 0. The lowest BCUT2D eigenvalue weighted by Crippen LogP contribution is -2.45. The van der Waals surface area contributed by atoms with Gasteiger partial charge in [0.25, 0.3) is 5.91 Å². The summed E-state index contributed by atoms with van der Waals surface area (Å²) in [6.07, 6.45) is 0.495. The van der Waals surface area contributed by atoms with Gasteiger partial charge in [-0.15, -0.1) is 0 Å². The average molecular weight is 297 g/mol. The number of carbonyl (C=O) groups excluding carboxylic acids is 1. The SMILES string of the molecule is N#CC1CN(C(=O)c2ccnc(Cl)c2[N+](=O)[O-])CCO1. The van der Waals surface area contributed by atoms with Crippen molar-refractivity contribution < 1.29 is 14.5 Å². The Hall–Kier alpha value is -2.24. The van der Waals surface area contributed by atoms with E-state index in [0.717, 1.165) is 0 Å². The maximum absolute atomic E-state index is 12.3. The van der Waals surface area contributed by atoms with E-state index in [1.165, 1.54) is 17.2 Å². The Balaban J connectivity index is 2.32. The second-order valence-electron chi connectivity index (χ2n) is 3.99. The second-order valence-corrected chi connectivity index (χ2v) is 4.35. The molecular formula is C11H9ClN4O4. The lowest BCUT2D eigenvalue weighted by Gasteiger charge is -2.29. The summed E-state index contributed by atoms with van der Waals surface area (Å²) in [5, 5.41) is 19.4. The molecule has 1 saturated heterocycles. The van der Waals surface area contributed by atoms with Crippen LogP contribution < -0.4 is 0 Å². The molecule has 8 nitrogen and oxygen atoms in total. The summed E-state index contributed by atoms with van der Waals surface area (Å²) < 4.78 is 5.12. The van der Waals surface area contributed by atoms with Crippen LogP contribution in [0.5, 0.6) is 0 Å².